The van der Waals surface area contributed by atoms with E-state index in [1.54, 1.807) is 60.7 Å². The van der Waals surface area contributed by atoms with Gasteiger partial charge in [0.2, 0.25) is 0 Å². The van der Waals surface area contributed by atoms with Gasteiger partial charge in [0.05, 0.1) is 26.6 Å². The monoisotopic (exact) mass is 618 g/mol. The van der Waals surface area contributed by atoms with Gasteiger partial charge in [-0.1, -0.05) is 87.1 Å². The Morgan fingerprint density at radius 1 is 0.791 bits per heavy atom. The zero-order chi connectivity index (χ0) is 31.4. The molecule has 0 aliphatic carbocycles. The number of hydrogen-bond acceptors (Lipinski definition) is 8. The predicted molar refractivity (Wildman–Crippen MR) is 168 cm³/mol. The molecule has 4 rings (SSSR count). The first-order valence-corrected chi connectivity index (χ1v) is 15.5. The lowest BCUT2D eigenvalue weighted by molar-refractivity contribution is -0.269. The number of benzene rings is 3. The summed E-state index contributed by atoms with van der Waals surface area (Å²) < 4.78 is 25.2. The smallest absolute Gasteiger partial charge is 0.338 e. The van der Waals surface area contributed by atoms with E-state index in [1.807, 2.05) is 71.9 Å². The zero-order valence-corrected chi connectivity index (χ0v) is 27.1. The minimum absolute atomic E-state index is 0.220. The predicted octanol–water partition coefficient (Wildman–Crippen LogP) is 5.85. The molecule has 0 unspecified atom stereocenters. The number of rotatable bonds is 8. The molecular weight excluding hydrogens is 581 g/mol. The quantitative estimate of drug-likeness (QED) is 0.249. The molecule has 3 aromatic rings. The van der Waals surface area contributed by atoms with Gasteiger partial charge < -0.3 is 24.1 Å². The van der Waals surface area contributed by atoms with Crippen molar-refractivity contribution in [3.8, 4) is 0 Å². The molecule has 1 heterocycles. The Labute approximate surface area is 260 Å². The van der Waals surface area contributed by atoms with Gasteiger partial charge in [-0.2, -0.15) is 0 Å². The van der Waals surface area contributed by atoms with E-state index in [1.165, 1.54) is 11.8 Å². The van der Waals surface area contributed by atoms with Crippen LogP contribution in [0.15, 0.2) is 95.9 Å². The van der Waals surface area contributed by atoms with Gasteiger partial charge in [0, 0.05) is 4.90 Å². The molecule has 0 bridgehead atoms. The first-order valence-electron chi connectivity index (χ1n) is 14.1. The third-order valence-electron chi connectivity index (χ3n) is 7.02. The molecule has 7 nitrogen and oxygen atoms in total. The first-order chi connectivity index (χ1) is 20.2. The van der Waals surface area contributed by atoms with E-state index in [0.29, 0.717) is 5.56 Å². The van der Waals surface area contributed by atoms with Crippen molar-refractivity contribution in [2.75, 3.05) is 0 Å². The molecule has 1 N–H and O–H groups in total. The molecule has 1 aliphatic heterocycles. The minimum atomic E-state index is -1.94. The van der Waals surface area contributed by atoms with Crippen LogP contribution in [0.5, 0.6) is 0 Å². The molecule has 0 saturated carbocycles. The summed E-state index contributed by atoms with van der Waals surface area (Å²) in [6, 6.07) is 26.5. The Kier molecular flexibility index (Phi) is 10.0. The second kappa shape index (κ2) is 13.2. The summed E-state index contributed by atoms with van der Waals surface area (Å²) in [5, 5.41) is 13.0. The lowest BCUT2D eigenvalue weighted by atomic mass is 9.67. The van der Waals surface area contributed by atoms with Crippen molar-refractivity contribution >= 4 is 38.9 Å². The fourth-order valence-corrected chi connectivity index (χ4v) is 6.52. The molecule has 5 atom stereocenters. The zero-order valence-electron chi connectivity index (χ0n) is 25.3. The van der Waals surface area contributed by atoms with Gasteiger partial charge in [-0.3, -0.25) is 0 Å². The minimum Gasteiger partial charge on any atom is -0.495 e. The third-order valence-corrected chi connectivity index (χ3v) is 8.54. The molecule has 1 fully saturated rings. The summed E-state index contributed by atoms with van der Waals surface area (Å²) in [4.78, 5) is 28.0. The SMILES string of the molecule is CC(C)(C)OC(=[Si])[C@H]1O[C@@H](Sc2ccccc2)[C@H](OC(=O)c2ccccc2)[C@@H](OC(=O)c2ccccc2)[C@]1(O)C(C)(C)C. The van der Waals surface area contributed by atoms with Crippen molar-refractivity contribution < 1.29 is 33.6 Å². The van der Waals surface area contributed by atoms with E-state index in [2.05, 4.69) is 9.85 Å². The third kappa shape index (κ3) is 7.65. The summed E-state index contributed by atoms with van der Waals surface area (Å²) in [7, 11) is 3.62. The highest BCUT2D eigenvalue weighted by atomic mass is 32.2. The van der Waals surface area contributed by atoms with Crippen molar-refractivity contribution in [2.24, 2.45) is 5.41 Å². The van der Waals surface area contributed by atoms with E-state index in [0.717, 1.165) is 4.90 Å². The Balaban J connectivity index is 1.87. The van der Waals surface area contributed by atoms with E-state index < -0.39 is 52.3 Å². The van der Waals surface area contributed by atoms with Gasteiger partial charge in [0.15, 0.2) is 12.2 Å². The summed E-state index contributed by atoms with van der Waals surface area (Å²) in [5.41, 5.74) is -3.87. The van der Waals surface area contributed by atoms with Gasteiger partial charge in [-0.25, -0.2) is 9.59 Å². The molecule has 0 aromatic heterocycles. The van der Waals surface area contributed by atoms with Crippen molar-refractivity contribution in [3.63, 3.8) is 0 Å². The van der Waals surface area contributed by atoms with Crippen LogP contribution in [0.3, 0.4) is 0 Å². The van der Waals surface area contributed by atoms with Crippen LogP contribution in [0.1, 0.15) is 62.3 Å². The number of ether oxygens (including phenoxy) is 4. The molecule has 0 spiro atoms. The Bertz CT molecular complexity index is 1400. The van der Waals surface area contributed by atoms with Gasteiger partial charge in [-0.15, -0.1) is 0 Å². The Morgan fingerprint density at radius 2 is 1.26 bits per heavy atom. The van der Waals surface area contributed by atoms with Crippen molar-refractivity contribution in [1.82, 2.24) is 0 Å². The molecular formula is C34H38O7SSi. The van der Waals surface area contributed by atoms with Crippen LogP contribution in [0, 0.1) is 5.41 Å². The first kappa shape index (κ1) is 32.7. The average Bonchev–Trinajstić information content (AvgIpc) is 2.96. The molecule has 1 saturated heterocycles. The van der Waals surface area contributed by atoms with E-state index in [-0.39, 0.29) is 10.9 Å². The van der Waals surface area contributed by atoms with Crippen LogP contribution in [0.2, 0.25) is 0 Å². The lowest BCUT2D eigenvalue weighted by Gasteiger charge is -2.56. The molecule has 1 aliphatic rings. The van der Waals surface area contributed by atoms with Crippen molar-refractivity contribution in [1.29, 1.82) is 0 Å². The Morgan fingerprint density at radius 3 is 1.72 bits per heavy atom. The average molecular weight is 619 g/mol. The second-order valence-corrected chi connectivity index (χ2v) is 14.1. The number of esters is 2. The summed E-state index contributed by atoms with van der Waals surface area (Å²) >= 11 is 1.29. The maximum atomic E-state index is 13.6. The van der Waals surface area contributed by atoms with Crippen LogP contribution < -0.4 is 0 Å². The second-order valence-electron chi connectivity index (χ2n) is 12.4. The Hall–Kier alpha value is -3.24. The number of thioether (sulfide) groups is 1. The number of carbonyl (C=O) groups is 2. The van der Waals surface area contributed by atoms with Crippen LogP contribution in [-0.4, -0.2) is 67.2 Å². The van der Waals surface area contributed by atoms with Gasteiger partial charge in [0.25, 0.3) is 0 Å². The normalized spacial score (nSPS) is 24.1. The highest BCUT2D eigenvalue weighted by molar-refractivity contribution is 7.99. The van der Waals surface area contributed by atoms with E-state index in [4.69, 9.17) is 18.9 Å². The van der Waals surface area contributed by atoms with Gasteiger partial charge in [0.1, 0.15) is 22.5 Å². The van der Waals surface area contributed by atoms with E-state index in [9.17, 15) is 14.7 Å². The van der Waals surface area contributed by atoms with Crippen LogP contribution in [0.25, 0.3) is 0 Å². The van der Waals surface area contributed by atoms with Crippen LogP contribution >= 0.6 is 11.8 Å². The number of hydrogen-bond donors (Lipinski definition) is 1. The standard InChI is InChI=1S/C34H38O7SSi/c1-32(2,3)34(37)26(39-29(36)23-18-12-8-13-19-23)25(38-28(35)22-16-10-7-11-17-22)30(42-24-20-14-9-15-21-24)40-27(34)31(43)41-33(4,5)6/h7-21,25-27,30,37H,1-6H3/t25-,26-,27-,30+,34-/m1/s1. The highest BCUT2D eigenvalue weighted by Crippen LogP contribution is 2.48. The molecule has 43 heavy (non-hydrogen) atoms. The summed E-state index contributed by atoms with van der Waals surface area (Å²) in [6.45, 7) is 11.1. The number of carbonyl (C=O) groups excluding carboxylic acids is 2. The van der Waals surface area contributed by atoms with E-state index >= 15 is 0 Å². The molecule has 3 aromatic carbocycles. The maximum absolute atomic E-state index is 13.6. The molecule has 226 valence electrons. The van der Waals surface area contributed by atoms with Gasteiger partial charge in [-0.05, 0) is 62.6 Å². The molecule has 0 amide bonds. The molecule has 2 radical (unpaired) electrons. The topological polar surface area (TPSA) is 91.3 Å². The van der Waals surface area contributed by atoms with Crippen molar-refractivity contribution in [2.45, 2.75) is 81.4 Å². The van der Waals surface area contributed by atoms with Gasteiger partial charge >= 0.3 is 11.9 Å². The molecule has 9 heteroatoms. The van der Waals surface area contributed by atoms with Crippen molar-refractivity contribution in [3.05, 3.63) is 102 Å². The summed E-state index contributed by atoms with van der Waals surface area (Å²) in [5.74, 6) is -1.32. The lowest BCUT2D eigenvalue weighted by Crippen LogP contribution is -2.74. The fraction of sp³-hybridized carbons (Fsp3) is 0.382. The highest BCUT2D eigenvalue weighted by Gasteiger charge is 2.65. The van der Waals surface area contributed by atoms with Crippen LogP contribution in [0.4, 0.5) is 0 Å². The number of aliphatic hydroxyl groups is 1. The largest absolute Gasteiger partial charge is 0.495 e. The summed E-state index contributed by atoms with van der Waals surface area (Å²) in [6.07, 6.45) is -3.73. The maximum Gasteiger partial charge on any atom is 0.338 e. The fourth-order valence-electron chi connectivity index (χ4n) is 4.85. The van der Waals surface area contributed by atoms with Crippen LogP contribution in [-0.2, 0) is 18.9 Å².